The molecule has 0 aliphatic carbocycles. The monoisotopic (exact) mass is 345 g/mol. The lowest BCUT2D eigenvalue weighted by atomic mass is 10.1. The van der Waals surface area contributed by atoms with Crippen molar-refractivity contribution in [3.63, 3.8) is 0 Å². The van der Waals surface area contributed by atoms with Gasteiger partial charge < -0.3 is 5.32 Å². The van der Waals surface area contributed by atoms with Crippen LogP contribution in [0.15, 0.2) is 48.5 Å². The van der Waals surface area contributed by atoms with Gasteiger partial charge in [0.2, 0.25) is 0 Å². The molecule has 116 valence electrons. The third kappa shape index (κ3) is 3.55. The highest BCUT2D eigenvalue weighted by molar-refractivity contribution is 6.36. The lowest BCUT2D eigenvalue weighted by molar-refractivity contribution is 0.102. The first-order chi connectivity index (χ1) is 11.0. The Labute approximate surface area is 143 Å². The molecule has 0 aliphatic heterocycles. The van der Waals surface area contributed by atoms with Crippen molar-refractivity contribution < 1.29 is 4.79 Å². The topological polar surface area (TPSA) is 57.8 Å². The SMILES string of the molecule is Cc1ccc(-c2cc(C(=O)Nc3ccc(Cl)cc3Cl)[nH]n2)cc1. The number of nitrogens with one attached hydrogen (secondary N) is 2. The standard InChI is InChI=1S/C17H13Cl2N3O/c1-10-2-4-11(5-3-10)15-9-16(22-21-15)17(23)20-14-7-6-12(18)8-13(14)19/h2-9H,1H3,(H,20,23)(H,21,22). The molecule has 2 aromatic carbocycles. The largest absolute Gasteiger partial charge is 0.319 e. The summed E-state index contributed by atoms with van der Waals surface area (Å²) in [5.41, 5.74) is 3.66. The maximum atomic E-state index is 12.3. The lowest BCUT2D eigenvalue weighted by Crippen LogP contribution is -2.12. The summed E-state index contributed by atoms with van der Waals surface area (Å²) in [5, 5.41) is 10.5. The van der Waals surface area contributed by atoms with Gasteiger partial charge in [0.1, 0.15) is 5.69 Å². The molecule has 0 spiro atoms. The van der Waals surface area contributed by atoms with Gasteiger partial charge in [-0.3, -0.25) is 9.89 Å². The molecule has 4 nitrogen and oxygen atoms in total. The number of amides is 1. The van der Waals surface area contributed by atoms with Crippen LogP contribution in [0.2, 0.25) is 10.0 Å². The Bertz CT molecular complexity index is 857. The summed E-state index contributed by atoms with van der Waals surface area (Å²) < 4.78 is 0. The maximum Gasteiger partial charge on any atom is 0.273 e. The molecule has 1 heterocycles. The average Bonchev–Trinajstić information content (AvgIpc) is 3.01. The van der Waals surface area contributed by atoms with Crippen LogP contribution >= 0.6 is 23.2 Å². The third-order valence-corrected chi connectivity index (χ3v) is 3.90. The first kappa shape index (κ1) is 15.6. The first-order valence-corrected chi connectivity index (χ1v) is 7.67. The molecule has 0 saturated carbocycles. The fourth-order valence-electron chi connectivity index (χ4n) is 2.09. The quantitative estimate of drug-likeness (QED) is 0.705. The molecule has 2 N–H and O–H groups in total. The van der Waals surface area contributed by atoms with Crippen molar-refractivity contribution in [2.45, 2.75) is 6.92 Å². The summed E-state index contributed by atoms with van der Waals surface area (Å²) in [5.74, 6) is -0.319. The van der Waals surface area contributed by atoms with Crippen LogP contribution in [0.4, 0.5) is 5.69 Å². The number of halogens is 2. The summed E-state index contributed by atoms with van der Waals surface area (Å²) in [4.78, 5) is 12.3. The Kier molecular flexibility index (Phi) is 4.37. The highest BCUT2D eigenvalue weighted by atomic mass is 35.5. The second kappa shape index (κ2) is 6.44. The van der Waals surface area contributed by atoms with E-state index in [4.69, 9.17) is 23.2 Å². The van der Waals surface area contributed by atoms with Gasteiger partial charge in [-0.2, -0.15) is 5.10 Å². The van der Waals surface area contributed by atoms with Gasteiger partial charge in [-0.05, 0) is 31.2 Å². The second-order valence-electron chi connectivity index (χ2n) is 5.11. The molecule has 3 aromatic rings. The molecular weight excluding hydrogens is 333 g/mol. The number of carbonyl (C=O) groups excluding carboxylic acids is 1. The van der Waals surface area contributed by atoms with Crippen LogP contribution in [0.25, 0.3) is 11.3 Å². The number of carbonyl (C=O) groups is 1. The molecule has 23 heavy (non-hydrogen) atoms. The molecule has 1 amide bonds. The Hall–Kier alpha value is -2.30. The summed E-state index contributed by atoms with van der Waals surface area (Å²) in [6.07, 6.45) is 0. The molecular formula is C17H13Cl2N3O. The van der Waals surface area contributed by atoms with Gasteiger partial charge in [0, 0.05) is 10.6 Å². The number of aromatic amines is 1. The number of anilines is 1. The van der Waals surface area contributed by atoms with E-state index in [1.807, 2.05) is 31.2 Å². The summed E-state index contributed by atoms with van der Waals surface area (Å²) in [6, 6.07) is 14.5. The molecule has 0 aliphatic rings. The van der Waals surface area contributed by atoms with E-state index in [-0.39, 0.29) is 5.91 Å². The Morgan fingerprint density at radius 2 is 1.83 bits per heavy atom. The van der Waals surface area contributed by atoms with Crippen molar-refractivity contribution >= 4 is 34.8 Å². The number of nitrogens with zero attached hydrogens (tertiary/aromatic N) is 1. The summed E-state index contributed by atoms with van der Waals surface area (Å²) >= 11 is 11.9. The van der Waals surface area contributed by atoms with Gasteiger partial charge in [-0.1, -0.05) is 53.0 Å². The van der Waals surface area contributed by atoms with Crippen LogP contribution < -0.4 is 5.32 Å². The minimum Gasteiger partial charge on any atom is -0.319 e. The van der Waals surface area contributed by atoms with Crippen LogP contribution in [-0.2, 0) is 0 Å². The zero-order valence-electron chi connectivity index (χ0n) is 12.2. The highest BCUT2D eigenvalue weighted by Crippen LogP contribution is 2.26. The van der Waals surface area contributed by atoms with Crippen molar-refractivity contribution in [1.82, 2.24) is 10.2 Å². The molecule has 1 aromatic heterocycles. The molecule has 0 saturated heterocycles. The van der Waals surface area contributed by atoms with E-state index >= 15 is 0 Å². The van der Waals surface area contributed by atoms with Crippen LogP contribution in [0.5, 0.6) is 0 Å². The van der Waals surface area contributed by atoms with E-state index in [9.17, 15) is 4.79 Å². The van der Waals surface area contributed by atoms with Gasteiger partial charge in [-0.15, -0.1) is 0 Å². The van der Waals surface area contributed by atoms with Gasteiger partial charge in [0.05, 0.1) is 16.4 Å². The van der Waals surface area contributed by atoms with Gasteiger partial charge in [0.15, 0.2) is 0 Å². The number of hydrogen-bond acceptors (Lipinski definition) is 2. The zero-order chi connectivity index (χ0) is 16.4. The van der Waals surface area contributed by atoms with Crippen molar-refractivity contribution in [3.8, 4) is 11.3 Å². The first-order valence-electron chi connectivity index (χ1n) is 6.92. The minimum absolute atomic E-state index is 0.319. The van der Waals surface area contributed by atoms with Crippen LogP contribution in [0.1, 0.15) is 16.1 Å². The minimum atomic E-state index is -0.319. The number of aromatic nitrogens is 2. The molecule has 0 atom stereocenters. The van der Waals surface area contributed by atoms with E-state index in [0.29, 0.717) is 27.1 Å². The third-order valence-electron chi connectivity index (χ3n) is 3.35. The zero-order valence-corrected chi connectivity index (χ0v) is 13.7. The van der Waals surface area contributed by atoms with Crippen LogP contribution in [-0.4, -0.2) is 16.1 Å². The predicted molar refractivity (Wildman–Crippen MR) is 93.2 cm³/mol. The Balaban J connectivity index is 1.79. The maximum absolute atomic E-state index is 12.3. The van der Waals surface area contributed by atoms with Crippen molar-refractivity contribution in [2.24, 2.45) is 0 Å². The second-order valence-corrected chi connectivity index (χ2v) is 5.95. The highest BCUT2D eigenvalue weighted by Gasteiger charge is 2.13. The van der Waals surface area contributed by atoms with E-state index in [1.165, 1.54) is 5.56 Å². The van der Waals surface area contributed by atoms with Gasteiger partial charge in [0.25, 0.3) is 5.91 Å². The van der Waals surface area contributed by atoms with Crippen molar-refractivity contribution in [3.05, 3.63) is 69.8 Å². The number of H-pyrrole nitrogens is 1. The van der Waals surface area contributed by atoms with E-state index in [2.05, 4.69) is 15.5 Å². The molecule has 0 radical (unpaired) electrons. The number of rotatable bonds is 3. The normalized spacial score (nSPS) is 10.6. The van der Waals surface area contributed by atoms with Gasteiger partial charge >= 0.3 is 0 Å². The number of hydrogen-bond donors (Lipinski definition) is 2. The number of aryl methyl sites for hydroxylation is 1. The molecule has 0 bridgehead atoms. The average molecular weight is 346 g/mol. The molecule has 6 heteroatoms. The van der Waals surface area contributed by atoms with E-state index < -0.39 is 0 Å². The van der Waals surface area contributed by atoms with E-state index in [1.54, 1.807) is 24.3 Å². The Morgan fingerprint density at radius 3 is 2.52 bits per heavy atom. The summed E-state index contributed by atoms with van der Waals surface area (Å²) in [6.45, 7) is 2.02. The Morgan fingerprint density at radius 1 is 1.09 bits per heavy atom. The molecule has 3 rings (SSSR count). The van der Waals surface area contributed by atoms with Gasteiger partial charge in [-0.25, -0.2) is 0 Å². The lowest BCUT2D eigenvalue weighted by Gasteiger charge is -2.05. The number of benzene rings is 2. The fourth-order valence-corrected chi connectivity index (χ4v) is 2.55. The molecule has 0 fully saturated rings. The van der Waals surface area contributed by atoms with E-state index in [0.717, 1.165) is 5.56 Å². The smallest absolute Gasteiger partial charge is 0.273 e. The van der Waals surface area contributed by atoms with Crippen molar-refractivity contribution in [1.29, 1.82) is 0 Å². The van der Waals surface area contributed by atoms with Crippen LogP contribution in [0, 0.1) is 6.92 Å². The summed E-state index contributed by atoms with van der Waals surface area (Å²) in [7, 11) is 0. The van der Waals surface area contributed by atoms with Crippen molar-refractivity contribution in [2.75, 3.05) is 5.32 Å². The van der Waals surface area contributed by atoms with Crippen LogP contribution in [0.3, 0.4) is 0 Å². The molecule has 0 unspecified atom stereocenters. The predicted octanol–water partition coefficient (Wildman–Crippen LogP) is 4.94. The fraction of sp³-hybridized carbons (Fsp3) is 0.0588.